The van der Waals surface area contributed by atoms with E-state index in [1.807, 2.05) is 30.3 Å². The first-order chi connectivity index (χ1) is 10.3. The van der Waals surface area contributed by atoms with Gasteiger partial charge in [0.1, 0.15) is 5.82 Å². The monoisotopic (exact) mass is 272 g/mol. The Hall–Kier alpha value is -2.67. The molecule has 0 radical (unpaired) electrons. The van der Waals surface area contributed by atoms with Gasteiger partial charge in [-0.05, 0) is 56.9 Å². The Labute approximate surface area is 122 Å². The molecule has 0 spiro atoms. The smallest absolute Gasteiger partial charge is 0.123 e. The van der Waals surface area contributed by atoms with E-state index in [1.165, 1.54) is 22.2 Å². The van der Waals surface area contributed by atoms with Crippen LogP contribution in [-0.2, 0) is 0 Å². The van der Waals surface area contributed by atoms with Gasteiger partial charge in [-0.2, -0.15) is 0 Å². The predicted molar refractivity (Wildman–Crippen MR) is 86.8 cm³/mol. The minimum Gasteiger partial charge on any atom is -0.207 e. The molecule has 0 aliphatic carbocycles. The van der Waals surface area contributed by atoms with Gasteiger partial charge in [0, 0.05) is 0 Å². The number of fused-ring (bicyclic) bond motifs is 2. The van der Waals surface area contributed by atoms with Gasteiger partial charge in [-0.3, -0.25) is 0 Å². The molecule has 4 rings (SSSR count). The van der Waals surface area contributed by atoms with Crippen LogP contribution in [0, 0.1) is 5.82 Å². The van der Waals surface area contributed by atoms with Crippen LogP contribution in [0.1, 0.15) is 0 Å². The van der Waals surface area contributed by atoms with E-state index in [9.17, 15) is 4.39 Å². The molecule has 0 heterocycles. The Balaban J connectivity index is 2.07. The largest absolute Gasteiger partial charge is 0.207 e. The SMILES string of the molecule is Fc1cccc(-c2cccc3cc4ccccc4cc23)c1. The molecule has 1 heteroatoms. The lowest BCUT2D eigenvalue weighted by atomic mass is 9.95. The van der Waals surface area contributed by atoms with E-state index in [0.717, 1.165) is 16.5 Å². The maximum absolute atomic E-state index is 13.5. The Kier molecular flexibility index (Phi) is 2.71. The summed E-state index contributed by atoms with van der Waals surface area (Å²) in [5, 5.41) is 4.76. The minimum absolute atomic E-state index is 0.203. The predicted octanol–water partition coefficient (Wildman–Crippen LogP) is 5.80. The first-order valence-electron chi connectivity index (χ1n) is 6.99. The highest BCUT2D eigenvalue weighted by Crippen LogP contribution is 2.31. The molecular formula is C20H13F. The molecule has 0 fully saturated rings. The van der Waals surface area contributed by atoms with Crippen molar-refractivity contribution >= 4 is 21.5 Å². The van der Waals surface area contributed by atoms with Crippen LogP contribution in [0.25, 0.3) is 32.7 Å². The van der Waals surface area contributed by atoms with Gasteiger partial charge in [0.2, 0.25) is 0 Å². The van der Waals surface area contributed by atoms with Crippen LogP contribution in [0.4, 0.5) is 4.39 Å². The minimum atomic E-state index is -0.203. The summed E-state index contributed by atoms with van der Waals surface area (Å²) in [6.45, 7) is 0. The van der Waals surface area contributed by atoms with E-state index >= 15 is 0 Å². The van der Waals surface area contributed by atoms with Crippen LogP contribution >= 0.6 is 0 Å². The zero-order valence-corrected chi connectivity index (χ0v) is 11.4. The van der Waals surface area contributed by atoms with Gasteiger partial charge < -0.3 is 0 Å². The quantitative estimate of drug-likeness (QED) is 0.384. The summed E-state index contributed by atoms with van der Waals surface area (Å²) in [6, 6.07) is 25.6. The fraction of sp³-hybridized carbons (Fsp3) is 0. The molecule has 100 valence electrons. The number of benzene rings is 4. The molecule has 4 aromatic rings. The zero-order valence-electron chi connectivity index (χ0n) is 11.4. The normalized spacial score (nSPS) is 11.1. The van der Waals surface area contributed by atoms with Gasteiger partial charge in [0.15, 0.2) is 0 Å². The molecule has 0 bridgehead atoms. The van der Waals surface area contributed by atoms with Gasteiger partial charge in [0.25, 0.3) is 0 Å². The molecule has 0 amide bonds. The Morgan fingerprint density at radius 3 is 2.10 bits per heavy atom. The average molecular weight is 272 g/mol. The molecule has 0 nitrogen and oxygen atoms in total. The Morgan fingerprint density at radius 1 is 0.571 bits per heavy atom. The second-order valence-corrected chi connectivity index (χ2v) is 5.24. The zero-order chi connectivity index (χ0) is 14.2. The third-order valence-corrected chi connectivity index (χ3v) is 3.88. The summed E-state index contributed by atoms with van der Waals surface area (Å²) in [7, 11) is 0. The molecule has 0 atom stereocenters. The Morgan fingerprint density at radius 2 is 1.29 bits per heavy atom. The first-order valence-corrected chi connectivity index (χ1v) is 6.99. The fourth-order valence-corrected chi connectivity index (χ4v) is 2.87. The van der Waals surface area contributed by atoms with Crippen LogP contribution in [0.5, 0.6) is 0 Å². The number of rotatable bonds is 1. The molecule has 0 N–H and O–H groups in total. The molecule has 0 aliphatic heterocycles. The molecule has 0 aromatic heterocycles. The highest BCUT2D eigenvalue weighted by Gasteiger charge is 2.06. The third kappa shape index (κ3) is 2.07. The van der Waals surface area contributed by atoms with Gasteiger partial charge in [0.05, 0.1) is 0 Å². The highest BCUT2D eigenvalue weighted by atomic mass is 19.1. The van der Waals surface area contributed by atoms with Crippen LogP contribution in [0.3, 0.4) is 0 Å². The van der Waals surface area contributed by atoms with Crippen molar-refractivity contribution in [3.05, 3.63) is 84.7 Å². The molecule has 0 aliphatic rings. The van der Waals surface area contributed by atoms with Crippen LogP contribution in [0.2, 0.25) is 0 Å². The van der Waals surface area contributed by atoms with E-state index in [2.05, 4.69) is 30.3 Å². The number of halogens is 1. The molecular weight excluding hydrogens is 259 g/mol. The van der Waals surface area contributed by atoms with Crippen molar-refractivity contribution in [2.45, 2.75) is 0 Å². The maximum Gasteiger partial charge on any atom is 0.123 e. The van der Waals surface area contributed by atoms with Gasteiger partial charge in [-0.25, -0.2) is 4.39 Å². The van der Waals surface area contributed by atoms with Crippen molar-refractivity contribution in [2.24, 2.45) is 0 Å². The van der Waals surface area contributed by atoms with Crippen molar-refractivity contribution in [1.82, 2.24) is 0 Å². The third-order valence-electron chi connectivity index (χ3n) is 3.88. The molecule has 21 heavy (non-hydrogen) atoms. The van der Waals surface area contributed by atoms with Crippen LogP contribution in [0.15, 0.2) is 78.9 Å². The molecule has 0 saturated carbocycles. The molecule has 0 unspecified atom stereocenters. The van der Waals surface area contributed by atoms with Crippen molar-refractivity contribution in [3.63, 3.8) is 0 Å². The number of hydrogen-bond donors (Lipinski definition) is 0. The topological polar surface area (TPSA) is 0 Å². The van der Waals surface area contributed by atoms with Crippen LogP contribution in [-0.4, -0.2) is 0 Å². The van der Waals surface area contributed by atoms with Gasteiger partial charge >= 0.3 is 0 Å². The average Bonchev–Trinajstić information content (AvgIpc) is 2.52. The summed E-state index contributed by atoms with van der Waals surface area (Å²) in [6.07, 6.45) is 0. The lowest BCUT2D eigenvalue weighted by Crippen LogP contribution is -1.84. The van der Waals surface area contributed by atoms with Crippen molar-refractivity contribution in [3.8, 4) is 11.1 Å². The van der Waals surface area contributed by atoms with E-state index in [1.54, 1.807) is 12.1 Å². The first kappa shape index (κ1) is 12.1. The summed E-state index contributed by atoms with van der Waals surface area (Å²) >= 11 is 0. The lowest BCUT2D eigenvalue weighted by molar-refractivity contribution is 0.628. The summed E-state index contributed by atoms with van der Waals surface area (Å²) in [5.41, 5.74) is 1.98. The standard InChI is InChI=1S/C20H13F/c21-18-9-3-7-17(12-18)19-10-4-8-16-11-14-5-1-2-6-15(14)13-20(16)19/h1-13H. The second kappa shape index (κ2) is 4.71. The fourth-order valence-electron chi connectivity index (χ4n) is 2.87. The Bertz CT molecular complexity index is 954. The summed E-state index contributed by atoms with van der Waals surface area (Å²) < 4.78 is 13.5. The highest BCUT2D eigenvalue weighted by molar-refractivity contribution is 6.04. The van der Waals surface area contributed by atoms with E-state index in [-0.39, 0.29) is 5.82 Å². The van der Waals surface area contributed by atoms with Crippen LogP contribution < -0.4 is 0 Å². The van der Waals surface area contributed by atoms with Crippen molar-refractivity contribution < 1.29 is 4.39 Å². The summed E-state index contributed by atoms with van der Waals surface area (Å²) in [5.74, 6) is -0.203. The molecule has 0 saturated heterocycles. The van der Waals surface area contributed by atoms with Gasteiger partial charge in [-0.1, -0.05) is 54.6 Å². The lowest BCUT2D eigenvalue weighted by Gasteiger charge is -2.09. The second-order valence-electron chi connectivity index (χ2n) is 5.24. The van der Waals surface area contributed by atoms with E-state index in [4.69, 9.17) is 0 Å². The van der Waals surface area contributed by atoms with Crippen molar-refractivity contribution in [1.29, 1.82) is 0 Å². The summed E-state index contributed by atoms with van der Waals surface area (Å²) in [4.78, 5) is 0. The maximum atomic E-state index is 13.5. The molecule has 4 aromatic carbocycles. The van der Waals surface area contributed by atoms with Crippen molar-refractivity contribution in [2.75, 3.05) is 0 Å². The van der Waals surface area contributed by atoms with E-state index < -0.39 is 0 Å². The van der Waals surface area contributed by atoms with E-state index in [0.29, 0.717) is 0 Å². The number of hydrogen-bond acceptors (Lipinski definition) is 0. The van der Waals surface area contributed by atoms with Gasteiger partial charge in [-0.15, -0.1) is 0 Å².